The van der Waals surface area contributed by atoms with Gasteiger partial charge in [-0.05, 0) is 51.4 Å². The van der Waals surface area contributed by atoms with Gasteiger partial charge in [-0.25, -0.2) is 10.2 Å². The van der Waals surface area contributed by atoms with Crippen molar-refractivity contribution in [1.82, 2.24) is 20.4 Å². The summed E-state index contributed by atoms with van der Waals surface area (Å²) in [5.41, 5.74) is -0.309. The molecule has 0 atom stereocenters. The van der Waals surface area contributed by atoms with Crippen LogP contribution in [-0.2, 0) is 9.31 Å². The van der Waals surface area contributed by atoms with Crippen molar-refractivity contribution in [2.24, 2.45) is 0 Å². The number of aromatic nitrogens is 4. The molecule has 2 N–H and O–H groups in total. The van der Waals surface area contributed by atoms with Crippen LogP contribution in [0.5, 0.6) is 0 Å². The van der Waals surface area contributed by atoms with Crippen molar-refractivity contribution >= 4 is 50.1 Å². The number of hydrogen-bond acceptors (Lipinski definition) is 6. The lowest BCUT2D eigenvalue weighted by atomic mass is 9.78. The highest BCUT2D eigenvalue weighted by molar-refractivity contribution is 9.10. The van der Waals surface area contributed by atoms with Crippen molar-refractivity contribution < 1.29 is 9.31 Å². The summed E-state index contributed by atoms with van der Waals surface area (Å²) >= 11 is 3.29. The minimum atomic E-state index is -0.461. The van der Waals surface area contributed by atoms with E-state index in [-0.39, 0.29) is 11.1 Å². The summed E-state index contributed by atoms with van der Waals surface area (Å²) in [6.07, 6.45) is 3.26. The van der Waals surface area contributed by atoms with E-state index in [0.29, 0.717) is 10.8 Å². The normalized spacial score (nSPS) is 16.7. The molecule has 3 heterocycles. The number of fused-ring (bicyclic) bond motifs is 2. The molecule has 1 aliphatic rings. The van der Waals surface area contributed by atoms with Gasteiger partial charge in [-0.2, -0.15) is 10.2 Å². The van der Waals surface area contributed by atoms with Gasteiger partial charge >= 0.3 is 7.12 Å². The number of nitrogens with zero attached hydrogens (tertiary/aromatic N) is 2. The van der Waals surface area contributed by atoms with Crippen LogP contribution in [0.2, 0.25) is 0 Å². The van der Waals surface area contributed by atoms with Gasteiger partial charge in [-0.15, -0.1) is 0 Å². The van der Waals surface area contributed by atoms with Gasteiger partial charge in [0.1, 0.15) is 0 Å². The van der Waals surface area contributed by atoms with Crippen LogP contribution in [-0.4, -0.2) is 38.7 Å². The quantitative estimate of drug-likeness (QED) is 0.392. The lowest BCUT2D eigenvalue weighted by Gasteiger charge is -2.32. The van der Waals surface area contributed by atoms with Gasteiger partial charge in [0.25, 0.3) is 11.1 Å². The molecular weight excluding hydrogens is 475 g/mol. The lowest BCUT2D eigenvalue weighted by molar-refractivity contribution is 0.00578. The van der Waals surface area contributed by atoms with E-state index in [9.17, 15) is 9.59 Å². The number of aromatic amines is 2. The fourth-order valence-corrected chi connectivity index (χ4v) is 3.65. The van der Waals surface area contributed by atoms with Gasteiger partial charge in [-0.1, -0.05) is 34.1 Å². The second-order valence-corrected chi connectivity index (χ2v) is 9.48. The molecule has 0 aliphatic carbocycles. The third kappa shape index (κ3) is 4.26. The third-order valence-electron chi connectivity index (χ3n) is 5.85. The standard InChI is InChI=1S/C14H17BN2O3.C8H5BrN2O/c1-13(2)14(3,4)20-15(19-13)10-6-5-9-8-16-17-12(18)11(9)7-10;9-6-2-1-5-4-10-11-8(12)7(5)3-6/h5-8H,1-4H3,(H,17,18);1-4H,(H,11,12). The lowest BCUT2D eigenvalue weighted by Crippen LogP contribution is -2.41. The van der Waals surface area contributed by atoms with Gasteiger partial charge in [0.05, 0.1) is 29.0 Å². The molecule has 0 unspecified atom stereocenters. The van der Waals surface area contributed by atoms with E-state index in [1.165, 1.54) is 0 Å². The molecule has 10 heteroatoms. The highest BCUT2D eigenvalue weighted by Gasteiger charge is 2.51. The van der Waals surface area contributed by atoms with Crippen LogP contribution >= 0.6 is 15.9 Å². The molecular formula is C22H22BBrN4O4. The number of H-pyrrole nitrogens is 2. The molecule has 8 nitrogen and oxygen atoms in total. The summed E-state index contributed by atoms with van der Waals surface area (Å²) in [5.74, 6) is 0. The molecule has 0 radical (unpaired) electrons. The zero-order chi connectivity index (χ0) is 23.1. The first-order chi connectivity index (χ1) is 15.1. The van der Waals surface area contributed by atoms with Crippen LogP contribution in [0.3, 0.4) is 0 Å². The van der Waals surface area contributed by atoms with Gasteiger partial charge in [0.15, 0.2) is 0 Å². The number of hydrogen-bond donors (Lipinski definition) is 2. The van der Waals surface area contributed by atoms with Crippen molar-refractivity contribution in [2.45, 2.75) is 38.9 Å². The topological polar surface area (TPSA) is 110 Å². The number of halogens is 1. The molecule has 5 rings (SSSR count). The van der Waals surface area contributed by atoms with Crippen molar-refractivity contribution in [3.63, 3.8) is 0 Å². The van der Waals surface area contributed by atoms with E-state index in [1.54, 1.807) is 24.5 Å². The van der Waals surface area contributed by atoms with E-state index in [1.807, 2.05) is 52.0 Å². The zero-order valence-corrected chi connectivity index (χ0v) is 19.7. The summed E-state index contributed by atoms with van der Waals surface area (Å²) in [4.78, 5) is 23.0. The maximum absolute atomic E-state index is 11.8. The van der Waals surface area contributed by atoms with Crippen LogP contribution in [0.1, 0.15) is 27.7 Å². The van der Waals surface area contributed by atoms with Crippen molar-refractivity contribution in [1.29, 1.82) is 0 Å². The summed E-state index contributed by atoms with van der Waals surface area (Å²) in [6.45, 7) is 8.02. The number of rotatable bonds is 1. The Morgan fingerprint density at radius 2 is 1.31 bits per heavy atom. The Balaban J connectivity index is 0.000000174. The maximum atomic E-state index is 11.8. The molecule has 0 spiro atoms. The van der Waals surface area contributed by atoms with E-state index >= 15 is 0 Å². The fourth-order valence-electron chi connectivity index (χ4n) is 3.29. The molecule has 32 heavy (non-hydrogen) atoms. The Morgan fingerprint density at radius 3 is 1.88 bits per heavy atom. The molecule has 0 amide bonds. The van der Waals surface area contributed by atoms with Gasteiger partial charge in [0, 0.05) is 20.6 Å². The van der Waals surface area contributed by atoms with Gasteiger partial charge in [-0.3, -0.25) is 9.59 Å². The van der Waals surface area contributed by atoms with Crippen LogP contribution in [0.25, 0.3) is 21.5 Å². The van der Waals surface area contributed by atoms with E-state index in [4.69, 9.17) is 9.31 Å². The molecule has 4 aromatic rings. The predicted molar refractivity (Wildman–Crippen MR) is 128 cm³/mol. The summed E-state index contributed by atoms with van der Waals surface area (Å²) < 4.78 is 12.9. The largest absolute Gasteiger partial charge is 0.494 e. The average Bonchev–Trinajstić information content (AvgIpc) is 2.96. The Labute approximate surface area is 192 Å². The molecule has 164 valence electrons. The highest BCUT2D eigenvalue weighted by atomic mass is 79.9. The fraction of sp³-hybridized carbons (Fsp3) is 0.273. The smallest absolute Gasteiger partial charge is 0.399 e. The first kappa shape index (κ1) is 22.4. The maximum Gasteiger partial charge on any atom is 0.494 e. The summed E-state index contributed by atoms with van der Waals surface area (Å²) in [7, 11) is -0.461. The molecule has 0 saturated carbocycles. The second kappa shape index (κ2) is 8.27. The van der Waals surface area contributed by atoms with Crippen molar-refractivity contribution in [3.05, 3.63) is 74.0 Å². The molecule has 1 aliphatic heterocycles. The van der Waals surface area contributed by atoms with Crippen LogP contribution in [0.15, 0.2) is 62.9 Å². The van der Waals surface area contributed by atoms with Crippen molar-refractivity contribution in [2.75, 3.05) is 0 Å². The SMILES string of the molecule is CC1(C)OB(c2ccc3cn[nH]c(=O)c3c2)OC1(C)C.O=c1[nH]ncc2ccc(Br)cc12. The van der Waals surface area contributed by atoms with Crippen LogP contribution < -0.4 is 16.6 Å². The highest BCUT2D eigenvalue weighted by Crippen LogP contribution is 2.36. The number of benzene rings is 2. The molecule has 1 fully saturated rings. The van der Waals surface area contributed by atoms with Gasteiger partial charge < -0.3 is 9.31 Å². The molecule has 1 saturated heterocycles. The monoisotopic (exact) mass is 496 g/mol. The Bertz CT molecular complexity index is 1400. The van der Waals surface area contributed by atoms with Crippen LogP contribution in [0.4, 0.5) is 0 Å². The summed E-state index contributed by atoms with van der Waals surface area (Å²) in [5, 5.41) is 15.2. The minimum Gasteiger partial charge on any atom is -0.399 e. The van der Waals surface area contributed by atoms with E-state index < -0.39 is 18.3 Å². The van der Waals surface area contributed by atoms with Crippen LogP contribution in [0, 0.1) is 0 Å². The van der Waals surface area contributed by atoms with E-state index in [2.05, 4.69) is 36.3 Å². The van der Waals surface area contributed by atoms with Gasteiger partial charge in [0.2, 0.25) is 0 Å². The zero-order valence-electron chi connectivity index (χ0n) is 18.1. The molecule has 2 aromatic carbocycles. The van der Waals surface area contributed by atoms with Crippen molar-refractivity contribution in [3.8, 4) is 0 Å². The predicted octanol–water partition coefficient (Wildman–Crippen LogP) is 2.91. The molecule has 0 bridgehead atoms. The van der Waals surface area contributed by atoms with E-state index in [0.717, 1.165) is 20.7 Å². The summed E-state index contributed by atoms with van der Waals surface area (Å²) in [6, 6.07) is 11.1. The first-order valence-corrected chi connectivity index (χ1v) is 10.8. The minimum absolute atomic E-state index is 0.159. The Kier molecular flexibility index (Phi) is 5.78. The first-order valence-electron chi connectivity index (χ1n) is 10.0. The Hall–Kier alpha value is -2.82. The third-order valence-corrected chi connectivity index (χ3v) is 6.34. The molecule has 2 aromatic heterocycles. The number of nitrogens with one attached hydrogen (secondary N) is 2. The Morgan fingerprint density at radius 1 is 0.812 bits per heavy atom. The average molecular weight is 497 g/mol. The second-order valence-electron chi connectivity index (χ2n) is 8.56.